The van der Waals surface area contributed by atoms with Crippen LogP contribution >= 0.6 is 23.2 Å². The van der Waals surface area contributed by atoms with Gasteiger partial charge in [0.25, 0.3) is 5.91 Å². The molecule has 1 saturated heterocycles. The van der Waals surface area contributed by atoms with Gasteiger partial charge in [-0.05, 0) is 37.5 Å². The predicted octanol–water partition coefficient (Wildman–Crippen LogP) is 3.51. The van der Waals surface area contributed by atoms with Gasteiger partial charge in [0.15, 0.2) is 16.4 Å². The van der Waals surface area contributed by atoms with Crippen molar-refractivity contribution in [3.05, 3.63) is 28.2 Å². The molecule has 0 spiro atoms. The van der Waals surface area contributed by atoms with Crippen LogP contribution in [-0.4, -0.2) is 62.5 Å². The van der Waals surface area contributed by atoms with Crippen molar-refractivity contribution in [1.82, 2.24) is 4.90 Å². The number of nitrogens with zero attached hydrogens (tertiary/aromatic N) is 1. The van der Waals surface area contributed by atoms with E-state index in [1.54, 1.807) is 23.1 Å². The van der Waals surface area contributed by atoms with Crippen molar-refractivity contribution in [3.63, 3.8) is 0 Å². The molecule has 0 aromatic heterocycles. The fraction of sp³-hybridized carbons (Fsp3) is 0.600. The Hall–Kier alpha value is -1.51. The van der Waals surface area contributed by atoms with Gasteiger partial charge in [-0.1, -0.05) is 36.5 Å². The Balaban J connectivity index is 1.74. The Kier molecular flexibility index (Phi) is 9.71. The fourth-order valence-corrected chi connectivity index (χ4v) is 5.34. The second-order valence-corrected chi connectivity index (χ2v) is 10.3. The van der Waals surface area contributed by atoms with Crippen LogP contribution in [0.25, 0.3) is 0 Å². The highest BCUT2D eigenvalue weighted by molar-refractivity contribution is 7.91. The minimum atomic E-state index is -3.11. The number of amides is 1. The molecular weight excluding hydrogens is 453 g/mol. The molecule has 7 nitrogen and oxygen atoms in total. The molecule has 168 valence electrons. The van der Waals surface area contributed by atoms with Crippen LogP contribution in [0.4, 0.5) is 0 Å². The lowest BCUT2D eigenvalue weighted by molar-refractivity contribution is -0.153. The van der Waals surface area contributed by atoms with Crippen molar-refractivity contribution in [1.29, 1.82) is 0 Å². The van der Waals surface area contributed by atoms with Gasteiger partial charge in [0.1, 0.15) is 5.75 Å². The molecule has 30 heavy (non-hydrogen) atoms. The molecule has 0 aliphatic carbocycles. The highest BCUT2D eigenvalue weighted by atomic mass is 35.5. The lowest BCUT2D eigenvalue weighted by Gasteiger charge is -2.28. The topological polar surface area (TPSA) is 90.0 Å². The van der Waals surface area contributed by atoms with E-state index in [4.69, 9.17) is 32.7 Å². The van der Waals surface area contributed by atoms with E-state index in [0.29, 0.717) is 35.2 Å². The number of rotatable bonds is 11. The first kappa shape index (κ1) is 24.8. The summed E-state index contributed by atoms with van der Waals surface area (Å²) >= 11 is 11.8. The highest BCUT2D eigenvalue weighted by Gasteiger charge is 2.34. The molecule has 1 heterocycles. The highest BCUT2D eigenvalue weighted by Crippen LogP contribution is 2.27. The molecule has 0 N–H and O–H groups in total. The third-order valence-electron chi connectivity index (χ3n) is 4.76. The molecule has 1 fully saturated rings. The van der Waals surface area contributed by atoms with E-state index in [2.05, 4.69) is 0 Å². The first-order valence-corrected chi connectivity index (χ1v) is 12.5. The van der Waals surface area contributed by atoms with Crippen molar-refractivity contribution in [2.75, 3.05) is 31.3 Å². The van der Waals surface area contributed by atoms with Gasteiger partial charge in [-0.3, -0.25) is 9.59 Å². The second-order valence-electron chi connectivity index (χ2n) is 7.18. The summed E-state index contributed by atoms with van der Waals surface area (Å²) in [6, 6.07) is 4.53. The maximum absolute atomic E-state index is 12.5. The van der Waals surface area contributed by atoms with Crippen LogP contribution < -0.4 is 4.74 Å². The quantitative estimate of drug-likeness (QED) is 0.356. The number of sulfone groups is 1. The Labute approximate surface area is 187 Å². The maximum Gasteiger partial charge on any atom is 0.306 e. The molecule has 1 unspecified atom stereocenters. The van der Waals surface area contributed by atoms with Crippen molar-refractivity contribution >= 4 is 44.9 Å². The molecule has 1 aliphatic heterocycles. The Morgan fingerprint density at radius 1 is 1.23 bits per heavy atom. The van der Waals surface area contributed by atoms with E-state index in [-0.39, 0.29) is 43.1 Å². The van der Waals surface area contributed by atoms with E-state index in [1.165, 1.54) is 0 Å². The Morgan fingerprint density at radius 2 is 2.00 bits per heavy atom. The van der Waals surface area contributed by atoms with Gasteiger partial charge in [-0.15, -0.1) is 0 Å². The molecule has 1 aromatic rings. The van der Waals surface area contributed by atoms with E-state index >= 15 is 0 Å². The summed E-state index contributed by atoms with van der Waals surface area (Å²) in [5.41, 5.74) is 0. The number of benzene rings is 1. The smallest absolute Gasteiger partial charge is 0.306 e. The normalized spacial score (nSPS) is 17.5. The Morgan fingerprint density at radius 3 is 2.63 bits per heavy atom. The molecule has 0 radical (unpaired) electrons. The number of hydrogen-bond donors (Lipinski definition) is 0. The number of esters is 1. The molecule has 1 amide bonds. The number of carbonyl (C=O) groups excluding carboxylic acids is 2. The van der Waals surface area contributed by atoms with Crippen LogP contribution in [0.3, 0.4) is 0 Å². The number of unbranched alkanes of at least 4 members (excludes halogenated alkanes) is 1. The van der Waals surface area contributed by atoms with Crippen molar-refractivity contribution in [2.45, 2.75) is 45.1 Å². The molecule has 0 saturated carbocycles. The van der Waals surface area contributed by atoms with Crippen LogP contribution in [-0.2, 0) is 24.2 Å². The minimum absolute atomic E-state index is 0.0268. The summed E-state index contributed by atoms with van der Waals surface area (Å²) in [7, 11) is -3.11. The van der Waals surface area contributed by atoms with Crippen LogP contribution in [0.5, 0.6) is 5.75 Å². The van der Waals surface area contributed by atoms with Crippen LogP contribution in [0.2, 0.25) is 10.0 Å². The third kappa shape index (κ3) is 7.96. The van der Waals surface area contributed by atoms with Gasteiger partial charge < -0.3 is 14.4 Å². The van der Waals surface area contributed by atoms with Crippen molar-refractivity contribution < 1.29 is 27.5 Å². The summed E-state index contributed by atoms with van der Waals surface area (Å²) in [6.07, 6.45) is 2.55. The Bertz CT molecular complexity index is 846. The zero-order valence-corrected chi connectivity index (χ0v) is 19.3. The molecule has 10 heteroatoms. The monoisotopic (exact) mass is 479 g/mol. The van der Waals surface area contributed by atoms with E-state index in [1.807, 2.05) is 6.92 Å². The van der Waals surface area contributed by atoms with Crippen LogP contribution in [0.15, 0.2) is 18.2 Å². The average Bonchev–Trinajstić information content (AvgIpc) is 3.04. The number of hydrogen-bond acceptors (Lipinski definition) is 6. The second kappa shape index (κ2) is 11.8. The number of carbonyl (C=O) groups is 2. The number of halogens is 2. The zero-order chi connectivity index (χ0) is 22.1. The predicted molar refractivity (Wildman–Crippen MR) is 116 cm³/mol. The van der Waals surface area contributed by atoms with Crippen LogP contribution in [0.1, 0.15) is 39.0 Å². The van der Waals surface area contributed by atoms with Gasteiger partial charge in [0.05, 0.1) is 23.1 Å². The van der Waals surface area contributed by atoms with Gasteiger partial charge >= 0.3 is 5.97 Å². The molecule has 2 rings (SSSR count). The number of ether oxygens (including phenoxy) is 2. The zero-order valence-electron chi connectivity index (χ0n) is 16.9. The lowest BCUT2D eigenvalue weighted by atomic mass is 10.2. The third-order valence-corrected chi connectivity index (χ3v) is 7.04. The molecular formula is C20H27Cl2NO6S. The lowest BCUT2D eigenvalue weighted by Crippen LogP contribution is -2.43. The maximum atomic E-state index is 12.5. The van der Waals surface area contributed by atoms with Gasteiger partial charge in [0.2, 0.25) is 0 Å². The van der Waals surface area contributed by atoms with E-state index in [0.717, 1.165) is 12.8 Å². The average molecular weight is 480 g/mol. The SMILES string of the molecule is CCCCN(C(=O)COC(=O)CCCOc1ccc(Cl)cc1Cl)C1CCS(=O)(=O)C1. The van der Waals surface area contributed by atoms with Crippen LogP contribution in [0, 0.1) is 0 Å². The van der Waals surface area contributed by atoms with Crippen molar-refractivity contribution in [2.24, 2.45) is 0 Å². The molecule has 1 aliphatic rings. The fourth-order valence-electron chi connectivity index (χ4n) is 3.15. The van der Waals surface area contributed by atoms with Crippen molar-refractivity contribution in [3.8, 4) is 5.75 Å². The van der Waals surface area contributed by atoms with E-state index < -0.39 is 15.8 Å². The van der Waals surface area contributed by atoms with Gasteiger partial charge in [0, 0.05) is 24.0 Å². The summed E-state index contributed by atoms with van der Waals surface area (Å²) in [5.74, 6) is -0.333. The summed E-state index contributed by atoms with van der Waals surface area (Å²) in [4.78, 5) is 26.0. The largest absolute Gasteiger partial charge is 0.492 e. The first-order chi connectivity index (χ1) is 14.2. The first-order valence-electron chi connectivity index (χ1n) is 9.95. The minimum Gasteiger partial charge on any atom is -0.492 e. The van der Waals surface area contributed by atoms with E-state index in [9.17, 15) is 18.0 Å². The standard InChI is InChI=1S/C20H27Cl2NO6S/c1-2-3-9-23(16-8-11-30(26,27)14-16)19(24)13-29-20(25)5-4-10-28-18-7-6-15(21)12-17(18)22/h6-7,12,16H,2-5,8-11,13-14H2,1H3. The summed E-state index contributed by atoms with van der Waals surface area (Å²) in [6.45, 7) is 2.33. The molecule has 1 aromatic carbocycles. The summed E-state index contributed by atoms with van der Waals surface area (Å²) < 4.78 is 34.1. The molecule has 0 bridgehead atoms. The molecule has 1 atom stereocenters. The van der Waals surface area contributed by atoms with Gasteiger partial charge in [-0.25, -0.2) is 8.42 Å². The van der Waals surface area contributed by atoms with Gasteiger partial charge in [-0.2, -0.15) is 0 Å². The summed E-state index contributed by atoms with van der Waals surface area (Å²) in [5, 5.41) is 0.889.